The lowest BCUT2D eigenvalue weighted by Gasteiger charge is -2.29. The molecule has 124 valence electrons. The van der Waals surface area contributed by atoms with Crippen molar-refractivity contribution < 1.29 is 9.90 Å². The number of aromatic amines is 1. The van der Waals surface area contributed by atoms with Crippen LogP contribution >= 0.6 is 15.9 Å². The van der Waals surface area contributed by atoms with Crippen LogP contribution in [0.25, 0.3) is 16.6 Å². The molecular formula is C16H15BrN4O3. The molecule has 4 rings (SSSR count). The molecule has 0 unspecified atom stereocenters. The molecule has 8 heteroatoms. The number of halogens is 1. The number of carbonyl (C=O) groups is 1. The second-order valence-electron chi connectivity index (χ2n) is 6.00. The van der Waals surface area contributed by atoms with Crippen LogP contribution in [0, 0.1) is 0 Å². The Kier molecular flexibility index (Phi) is 3.56. The van der Waals surface area contributed by atoms with Gasteiger partial charge in [0.05, 0.1) is 10.9 Å². The summed E-state index contributed by atoms with van der Waals surface area (Å²) in [6.45, 7) is 0.966. The zero-order valence-electron chi connectivity index (χ0n) is 12.7. The molecule has 0 saturated carbocycles. The van der Waals surface area contributed by atoms with E-state index in [0.29, 0.717) is 31.6 Å². The Hall–Kier alpha value is -2.35. The van der Waals surface area contributed by atoms with Gasteiger partial charge in [-0.1, -0.05) is 6.07 Å². The van der Waals surface area contributed by atoms with E-state index < -0.39 is 6.09 Å². The normalized spacial score (nSPS) is 16.1. The van der Waals surface area contributed by atoms with Crippen molar-refractivity contribution in [1.29, 1.82) is 0 Å². The number of nitrogens with one attached hydrogen (secondary N) is 1. The fraction of sp³-hybridized carbons (Fsp3) is 0.312. The van der Waals surface area contributed by atoms with E-state index in [1.807, 2.05) is 18.2 Å². The summed E-state index contributed by atoms with van der Waals surface area (Å²) >= 11 is 3.52. The van der Waals surface area contributed by atoms with Crippen molar-refractivity contribution >= 4 is 38.6 Å². The number of hydrogen-bond donors (Lipinski definition) is 2. The highest BCUT2D eigenvalue weighted by atomic mass is 79.9. The number of hydrogen-bond acceptors (Lipinski definition) is 3. The number of aromatic nitrogens is 3. The van der Waals surface area contributed by atoms with Crippen molar-refractivity contribution in [2.45, 2.75) is 18.8 Å². The van der Waals surface area contributed by atoms with Crippen LogP contribution < -0.4 is 5.56 Å². The Labute approximate surface area is 145 Å². The van der Waals surface area contributed by atoms with Crippen molar-refractivity contribution in [2.24, 2.45) is 0 Å². The summed E-state index contributed by atoms with van der Waals surface area (Å²) in [5.74, 6) is 0.144. The Morgan fingerprint density at radius 2 is 2.08 bits per heavy atom. The van der Waals surface area contributed by atoms with Gasteiger partial charge < -0.3 is 15.0 Å². The Balaban J connectivity index is 1.79. The van der Waals surface area contributed by atoms with E-state index in [-0.39, 0.29) is 11.5 Å². The predicted molar refractivity (Wildman–Crippen MR) is 92.6 cm³/mol. The van der Waals surface area contributed by atoms with Crippen molar-refractivity contribution in [2.75, 3.05) is 13.1 Å². The zero-order chi connectivity index (χ0) is 16.8. The molecule has 1 amide bonds. The summed E-state index contributed by atoms with van der Waals surface area (Å²) in [6.07, 6.45) is 0.514. The van der Waals surface area contributed by atoms with Crippen LogP contribution in [0.1, 0.15) is 24.5 Å². The van der Waals surface area contributed by atoms with Crippen LogP contribution in [-0.2, 0) is 0 Å². The highest BCUT2D eigenvalue weighted by Gasteiger charge is 2.25. The van der Waals surface area contributed by atoms with E-state index in [9.17, 15) is 9.59 Å². The highest BCUT2D eigenvalue weighted by Crippen LogP contribution is 2.29. The van der Waals surface area contributed by atoms with Crippen LogP contribution in [0.4, 0.5) is 4.79 Å². The van der Waals surface area contributed by atoms with Gasteiger partial charge in [0.1, 0.15) is 5.65 Å². The minimum atomic E-state index is -0.886. The first kappa shape index (κ1) is 15.2. The smallest absolute Gasteiger partial charge is 0.407 e. The Morgan fingerprint density at radius 3 is 2.79 bits per heavy atom. The van der Waals surface area contributed by atoms with Gasteiger partial charge in [-0.2, -0.15) is 9.61 Å². The number of piperidine rings is 1. The van der Waals surface area contributed by atoms with E-state index in [4.69, 9.17) is 5.11 Å². The van der Waals surface area contributed by atoms with Gasteiger partial charge in [0.25, 0.3) is 5.56 Å². The number of rotatable bonds is 1. The number of carboxylic acid groups (broad SMARTS) is 1. The largest absolute Gasteiger partial charge is 0.465 e. The molecule has 0 aliphatic carbocycles. The first-order valence-corrected chi connectivity index (χ1v) is 8.52. The number of benzene rings is 1. The number of fused-ring (bicyclic) bond motifs is 3. The molecule has 1 aliphatic heterocycles. The molecule has 1 fully saturated rings. The van der Waals surface area contributed by atoms with Gasteiger partial charge in [-0.05, 0) is 40.9 Å². The van der Waals surface area contributed by atoms with Crippen molar-refractivity contribution in [1.82, 2.24) is 19.5 Å². The maximum Gasteiger partial charge on any atom is 0.407 e. The molecule has 1 saturated heterocycles. The van der Waals surface area contributed by atoms with E-state index in [2.05, 4.69) is 26.0 Å². The van der Waals surface area contributed by atoms with Gasteiger partial charge in [-0.25, -0.2) is 4.79 Å². The van der Waals surface area contributed by atoms with E-state index in [1.54, 1.807) is 6.07 Å². The molecule has 0 spiro atoms. The summed E-state index contributed by atoms with van der Waals surface area (Å²) < 4.78 is 2.26. The minimum Gasteiger partial charge on any atom is -0.465 e. The molecule has 0 radical (unpaired) electrons. The first-order chi connectivity index (χ1) is 11.5. The van der Waals surface area contributed by atoms with Gasteiger partial charge in [0.15, 0.2) is 0 Å². The van der Waals surface area contributed by atoms with Crippen LogP contribution in [0.2, 0.25) is 0 Å². The molecule has 3 aromatic rings. The summed E-state index contributed by atoms with van der Waals surface area (Å²) in [5, 5.41) is 14.3. The lowest BCUT2D eigenvalue weighted by molar-refractivity contribution is 0.131. The van der Waals surface area contributed by atoms with Gasteiger partial charge >= 0.3 is 6.09 Å². The molecule has 0 bridgehead atoms. The molecule has 24 heavy (non-hydrogen) atoms. The Bertz CT molecular complexity index is 1000. The number of nitrogens with zero attached hydrogens (tertiary/aromatic N) is 3. The van der Waals surface area contributed by atoms with Crippen LogP contribution in [-0.4, -0.2) is 43.8 Å². The molecule has 0 atom stereocenters. The van der Waals surface area contributed by atoms with Crippen LogP contribution in [0.5, 0.6) is 0 Å². The molecule has 3 heterocycles. The summed E-state index contributed by atoms with van der Waals surface area (Å²) in [7, 11) is 0. The lowest BCUT2D eigenvalue weighted by atomic mass is 9.93. The maximum atomic E-state index is 12.5. The van der Waals surface area contributed by atoms with Crippen molar-refractivity contribution in [3.63, 3.8) is 0 Å². The van der Waals surface area contributed by atoms with E-state index in [0.717, 1.165) is 21.1 Å². The minimum absolute atomic E-state index is 0.144. The molecule has 7 nitrogen and oxygen atoms in total. The molecule has 1 aromatic carbocycles. The maximum absolute atomic E-state index is 12.5. The third-order valence-electron chi connectivity index (χ3n) is 4.60. The molecular weight excluding hydrogens is 376 g/mol. The second-order valence-corrected chi connectivity index (χ2v) is 6.86. The average molecular weight is 391 g/mol. The van der Waals surface area contributed by atoms with Gasteiger partial charge in [-0.3, -0.25) is 4.79 Å². The quantitative estimate of drug-likeness (QED) is 0.668. The summed E-state index contributed by atoms with van der Waals surface area (Å²) in [5.41, 5.74) is 2.08. The number of likely N-dealkylation sites (tertiary alicyclic amines) is 1. The third-order valence-corrected chi connectivity index (χ3v) is 5.26. The van der Waals surface area contributed by atoms with Gasteiger partial charge in [0.2, 0.25) is 0 Å². The fourth-order valence-corrected chi connectivity index (χ4v) is 3.88. The SMILES string of the molecule is O=C(O)N1CCC(c2cc(=O)n3nc4cccc(Br)c4c3[nH]2)CC1. The third kappa shape index (κ3) is 2.37. The molecule has 2 aromatic heterocycles. The monoisotopic (exact) mass is 390 g/mol. The summed E-state index contributed by atoms with van der Waals surface area (Å²) in [4.78, 5) is 28.2. The van der Waals surface area contributed by atoms with Gasteiger partial charge in [-0.15, -0.1) is 0 Å². The van der Waals surface area contributed by atoms with E-state index in [1.165, 1.54) is 9.42 Å². The number of H-pyrrole nitrogens is 1. The molecule has 1 aliphatic rings. The average Bonchev–Trinajstić information content (AvgIpc) is 2.95. The van der Waals surface area contributed by atoms with E-state index >= 15 is 0 Å². The van der Waals surface area contributed by atoms with Crippen LogP contribution in [0.15, 0.2) is 33.5 Å². The first-order valence-electron chi connectivity index (χ1n) is 7.72. The lowest BCUT2D eigenvalue weighted by Crippen LogP contribution is -2.37. The summed E-state index contributed by atoms with van der Waals surface area (Å²) in [6, 6.07) is 7.24. The van der Waals surface area contributed by atoms with Crippen molar-refractivity contribution in [3.05, 3.63) is 44.8 Å². The van der Waals surface area contributed by atoms with Gasteiger partial charge in [0, 0.05) is 35.2 Å². The topological polar surface area (TPSA) is 90.7 Å². The highest BCUT2D eigenvalue weighted by molar-refractivity contribution is 9.10. The standard InChI is InChI=1S/C16H15BrN4O3/c17-10-2-1-3-11-14(10)15-18-12(8-13(22)21(15)19-11)9-4-6-20(7-5-9)16(23)24/h1-3,8-9,18H,4-7H2,(H,23,24). The Morgan fingerprint density at radius 1 is 1.33 bits per heavy atom. The fourth-order valence-electron chi connectivity index (χ4n) is 3.34. The predicted octanol–water partition coefficient (Wildman–Crippen LogP) is 2.80. The number of amides is 1. The second kappa shape index (κ2) is 5.62. The van der Waals surface area contributed by atoms with Crippen LogP contribution in [0.3, 0.4) is 0 Å². The van der Waals surface area contributed by atoms with Crippen molar-refractivity contribution in [3.8, 4) is 0 Å². The molecule has 2 N–H and O–H groups in total. The zero-order valence-corrected chi connectivity index (χ0v) is 14.3.